The van der Waals surface area contributed by atoms with Gasteiger partial charge in [0.25, 0.3) is 0 Å². The maximum absolute atomic E-state index is 13.0. The van der Waals surface area contributed by atoms with E-state index in [1.165, 1.54) is 7.11 Å². The van der Waals surface area contributed by atoms with Crippen LogP contribution in [0.15, 0.2) is 53.4 Å². The lowest BCUT2D eigenvalue weighted by Crippen LogP contribution is -2.10. The molecule has 6 aromatic rings. The number of methoxy groups -OCH3 is 1. The highest BCUT2D eigenvalue weighted by molar-refractivity contribution is 7.98. The second kappa shape index (κ2) is 14.7. The second-order valence-corrected chi connectivity index (χ2v) is 14.8. The Morgan fingerprint density at radius 1 is 0.939 bits per heavy atom. The molecule has 0 atom stereocenters. The summed E-state index contributed by atoms with van der Waals surface area (Å²) in [6, 6.07) is 15.3. The molecular weight excluding hydrogens is 701 g/mol. The number of fused-ring (bicyclic) bond motifs is 2. The number of ether oxygens (including phenoxy) is 1. The molecule has 0 saturated heterocycles. The van der Waals surface area contributed by atoms with Crippen molar-refractivity contribution in [1.82, 2.24) is 24.1 Å². The molecule has 3 aromatic carbocycles. The van der Waals surface area contributed by atoms with E-state index in [0.717, 1.165) is 66.0 Å². The van der Waals surface area contributed by atoms with Crippen LogP contribution in [-0.2, 0) is 49.6 Å². The number of hydrogen-bond donors (Lipinski definition) is 2. The molecule has 0 aliphatic rings. The molecule has 2 N–H and O–H groups in total. The predicted octanol–water partition coefficient (Wildman–Crippen LogP) is 8.22. The molecule has 0 bridgehead atoms. The van der Waals surface area contributed by atoms with Crippen LogP contribution in [0.3, 0.4) is 0 Å². The first-order valence-electron chi connectivity index (χ1n) is 15.7. The molecular formula is C36H37Cl2N5O4S2. The molecule has 9 nitrogen and oxygen atoms in total. The Kier molecular flexibility index (Phi) is 10.6. The number of thioether (sulfide) groups is 2. The number of benzene rings is 3. The molecule has 0 spiro atoms. The third-order valence-corrected chi connectivity index (χ3v) is 11.3. The number of aliphatic hydroxyl groups excluding tert-OH is 1. The zero-order valence-electron chi connectivity index (χ0n) is 27.9. The fourth-order valence-electron chi connectivity index (χ4n) is 6.36. The van der Waals surface area contributed by atoms with Crippen LogP contribution in [0.1, 0.15) is 45.2 Å². The first-order chi connectivity index (χ1) is 23.5. The van der Waals surface area contributed by atoms with Gasteiger partial charge in [0.15, 0.2) is 0 Å². The number of carbonyl (C=O) groups excluding carboxylic acids is 1. The lowest BCUT2D eigenvalue weighted by atomic mass is 9.98. The fourth-order valence-corrected chi connectivity index (χ4v) is 8.62. The summed E-state index contributed by atoms with van der Waals surface area (Å²) in [4.78, 5) is 13.9. The Bertz CT molecular complexity index is 2210. The van der Waals surface area contributed by atoms with Gasteiger partial charge in [0.05, 0.1) is 29.0 Å². The molecule has 0 unspecified atom stereocenters. The Morgan fingerprint density at radius 3 is 2.49 bits per heavy atom. The van der Waals surface area contributed by atoms with Gasteiger partial charge in [0.2, 0.25) is 0 Å². The third-order valence-electron chi connectivity index (χ3n) is 8.80. The van der Waals surface area contributed by atoms with Crippen LogP contribution in [0.2, 0.25) is 10.0 Å². The molecule has 3 heterocycles. The van der Waals surface area contributed by atoms with Crippen LogP contribution in [0.25, 0.3) is 32.8 Å². The number of aromatic hydroxyl groups is 1. The van der Waals surface area contributed by atoms with Crippen LogP contribution in [0.4, 0.5) is 0 Å². The fraction of sp³-hybridized carbons (Fsp3) is 0.306. The van der Waals surface area contributed by atoms with Crippen molar-refractivity contribution in [3.8, 4) is 16.9 Å². The van der Waals surface area contributed by atoms with Gasteiger partial charge < -0.3 is 19.5 Å². The van der Waals surface area contributed by atoms with E-state index in [2.05, 4.69) is 12.1 Å². The Balaban J connectivity index is 1.23. The molecule has 0 fully saturated rings. The van der Waals surface area contributed by atoms with Crippen molar-refractivity contribution in [3.05, 3.63) is 92.6 Å². The van der Waals surface area contributed by atoms with E-state index in [-0.39, 0.29) is 12.4 Å². The lowest BCUT2D eigenvalue weighted by molar-refractivity contribution is 0.0589. The molecule has 6 rings (SSSR count). The molecule has 3 aromatic heterocycles. The second-order valence-electron chi connectivity index (χ2n) is 11.9. The van der Waals surface area contributed by atoms with E-state index >= 15 is 0 Å². The smallest absolute Gasteiger partial charge is 0.354 e. The van der Waals surface area contributed by atoms with Gasteiger partial charge in [-0.1, -0.05) is 35.3 Å². The number of phenols is 1. The van der Waals surface area contributed by atoms with Gasteiger partial charge in [-0.15, -0.1) is 23.5 Å². The van der Waals surface area contributed by atoms with Crippen LogP contribution >= 0.6 is 46.7 Å². The van der Waals surface area contributed by atoms with Gasteiger partial charge in [-0.3, -0.25) is 9.36 Å². The summed E-state index contributed by atoms with van der Waals surface area (Å²) in [5.74, 6) is 1.79. The third kappa shape index (κ3) is 6.92. The Hall–Kier alpha value is -3.61. The summed E-state index contributed by atoms with van der Waals surface area (Å²) in [5, 5.41) is 33.5. The number of aromatic nitrogens is 5. The van der Waals surface area contributed by atoms with Crippen molar-refractivity contribution in [2.75, 3.05) is 13.7 Å². The van der Waals surface area contributed by atoms with Gasteiger partial charge in [-0.25, -0.2) is 4.79 Å². The predicted molar refractivity (Wildman–Crippen MR) is 200 cm³/mol. The van der Waals surface area contributed by atoms with Gasteiger partial charge in [0.1, 0.15) is 11.4 Å². The van der Waals surface area contributed by atoms with E-state index in [9.17, 15) is 15.0 Å². The highest BCUT2D eigenvalue weighted by atomic mass is 35.5. The molecule has 0 aliphatic heterocycles. The zero-order valence-corrected chi connectivity index (χ0v) is 31.0. The summed E-state index contributed by atoms with van der Waals surface area (Å²) in [6.45, 7) is 2.04. The number of rotatable bonds is 12. The minimum Gasteiger partial charge on any atom is -0.507 e. The van der Waals surface area contributed by atoms with E-state index < -0.39 is 5.97 Å². The van der Waals surface area contributed by atoms with Crippen molar-refractivity contribution >= 4 is 74.4 Å². The van der Waals surface area contributed by atoms with Gasteiger partial charge >= 0.3 is 5.97 Å². The summed E-state index contributed by atoms with van der Waals surface area (Å²) < 4.78 is 10.8. The molecule has 256 valence electrons. The first kappa shape index (κ1) is 35.2. The molecule has 0 saturated carbocycles. The number of esters is 1. The SMILES string of the molecule is COC(=O)c1c(CCCO)c2ccc(Cl)c(-c3c(CSCc4cc(CSc5cc(O)c6cc(Cl)ccc6c5)n(C)n4)nn(C)c3C)c2n1C. The maximum Gasteiger partial charge on any atom is 0.354 e. The number of aliphatic hydroxyl groups is 1. The normalized spacial score (nSPS) is 11.7. The number of aryl methyl sites for hydroxylation is 4. The summed E-state index contributed by atoms with van der Waals surface area (Å²) in [7, 11) is 7.10. The van der Waals surface area contributed by atoms with Gasteiger partial charge in [0, 0.05) is 88.2 Å². The van der Waals surface area contributed by atoms with Crippen molar-refractivity contribution in [3.63, 3.8) is 0 Å². The summed E-state index contributed by atoms with van der Waals surface area (Å²) in [6.07, 6.45) is 1.05. The molecule has 49 heavy (non-hydrogen) atoms. The minimum absolute atomic E-state index is 0.0161. The number of carbonyl (C=O) groups is 1. The van der Waals surface area contributed by atoms with Crippen molar-refractivity contribution in [2.45, 2.75) is 41.9 Å². The highest BCUT2D eigenvalue weighted by Gasteiger charge is 2.27. The summed E-state index contributed by atoms with van der Waals surface area (Å²) >= 11 is 16.4. The quantitative estimate of drug-likeness (QED) is 0.0956. The zero-order chi connectivity index (χ0) is 35.0. The average Bonchev–Trinajstić information content (AvgIpc) is 3.68. The molecule has 13 heteroatoms. The average molecular weight is 739 g/mol. The number of halogens is 2. The number of phenolic OH excluding ortho intramolecular Hbond substituents is 1. The van der Waals surface area contributed by atoms with Crippen molar-refractivity contribution < 1.29 is 19.7 Å². The Morgan fingerprint density at radius 2 is 1.73 bits per heavy atom. The van der Waals surface area contributed by atoms with Crippen molar-refractivity contribution in [1.29, 1.82) is 0 Å². The lowest BCUT2D eigenvalue weighted by Gasteiger charge is -2.11. The molecule has 0 aliphatic carbocycles. The van der Waals surface area contributed by atoms with Crippen LogP contribution in [0, 0.1) is 6.92 Å². The van der Waals surface area contributed by atoms with E-state index in [0.29, 0.717) is 45.8 Å². The molecule has 0 amide bonds. The van der Waals surface area contributed by atoms with Crippen LogP contribution in [0.5, 0.6) is 5.75 Å². The standard InChI is InChI=1S/C36H37Cl2N5O4S2/c1-20-32(33-29(38)11-10-27-26(7-6-12-44)35(36(46)47-5)41(2)34(27)33)30(40-42(20)3)19-48-17-23-15-24(43(4)39-23)18-49-25-13-21-8-9-22(37)14-28(21)31(45)16-25/h8-11,13-16,44-45H,6-7,12,17-19H2,1-5H3. The highest BCUT2D eigenvalue weighted by Crippen LogP contribution is 2.43. The largest absolute Gasteiger partial charge is 0.507 e. The number of hydrogen-bond acceptors (Lipinski definition) is 8. The van der Waals surface area contributed by atoms with Gasteiger partial charge in [-0.2, -0.15) is 10.2 Å². The topological polar surface area (TPSA) is 107 Å². The Labute approximate surface area is 303 Å². The monoisotopic (exact) mass is 737 g/mol. The minimum atomic E-state index is -0.429. The first-order valence-corrected chi connectivity index (χ1v) is 18.6. The van der Waals surface area contributed by atoms with Crippen LogP contribution < -0.4 is 0 Å². The van der Waals surface area contributed by atoms with E-state index in [4.69, 9.17) is 38.1 Å². The van der Waals surface area contributed by atoms with Crippen molar-refractivity contribution in [2.24, 2.45) is 21.1 Å². The maximum atomic E-state index is 13.0. The van der Waals surface area contributed by atoms with E-state index in [1.807, 2.05) is 66.3 Å². The van der Waals surface area contributed by atoms with Gasteiger partial charge in [-0.05, 0) is 67.1 Å². The number of nitrogens with zero attached hydrogens (tertiary/aromatic N) is 5. The van der Waals surface area contributed by atoms with Crippen LogP contribution in [-0.4, -0.2) is 54.0 Å². The van der Waals surface area contributed by atoms with E-state index in [1.54, 1.807) is 35.7 Å². The molecule has 0 radical (unpaired) electrons. The summed E-state index contributed by atoms with van der Waals surface area (Å²) in [5.41, 5.74) is 7.78.